The lowest BCUT2D eigenvalue weighted by molar-refractivity contribution is -0.146. The maximum atomic E-state index is 11.4. The summed E-state index contributed by atoms with van der Waals surface area (Å²) in [6.45, 7) is 0.772. The number of hydrogen-bond acceptors (Lipinski definition) is 5. The van der Waals surface area contributed by atoms with E-state index in [0.717, 1.165) is 5.56 Å². The minimum absolute atomic E-state index is 0.0748. The van der Waals surface area contributed by atoms with Crippen LogP contribution in [0, 0.1) is 0 Å². The first kappa shape index (κ1) is 12.7. The van der Waals surface area contributed by atoms with Gasteiger partial charge in [-0.2, -0.15) is 0 Å². The van der Waals surface area contributed by atoms with Crippen molar-refractivity contribution in [3.8, 4) is 11.5 Å². The van der Waals surface area contributed by atoms with Gasteiger partial charge in [0.05, 0.1) is 6.54 Å². The molecule has 0 aliphatic carbocycles. The molecule has 7 heteroatoms. The van der Waals surface area contributed by atoms with Gasteiger partial charge in [-0.25, -0.2) is 0 Å². The van der Waals surface area contributed by atoms with Crippen molar-refractivity contribution in [1.82, 2.24) is 10.2 Å². The molecule has 1 amide bonds. The van der Waals surface area contributed by atoms with Gasteiger partial charge in [0.1, 0.15) is 6.04 Å². The number of carbonyl (C=O) groups excluding carboxylic acids is 1. The molecule has 3 rings (SSSR count). The van der Waals surface area contributed by atoms with Crippen LogP contribution in [0.1, 0.15) is 5.56 Å². The summed E-state index contributed by atoms with van der Waals surface area (Å²) >= 11 is 0. The summed E-state index contributed by atoms with van der Waals surface area (Å²) in [7, 11) is 0. The molecule has 106 valence electrons. The zero-order chi connectivity index (χ0) is 14.1. The molecule has 2 heterocycles. The number of fused-ring (bicyclic) bond motifs is 1. The summed E-state index contributed by atoms with van der Waals surface area (Å²) in [5, 5.41) is 11.8. The molecule has 2 N–H and O–H groups in total. The van der Waals surface area contributed by atoms with Crippen molar-refractivity contribution in [2.24, 2.45) is 0 Å². The second-order valence-corrected chi connectivity index (χ2v) is 4.75. The lowest BCUT2D eigenvalue weighted by atomic mass is 10.1. The van der Waals surface area contributed by atoms with E-state index in [0.29, 0.717) is 18.0 Å². The Morgan fingerprint density at radius 1 is 1.40 bits per heavy atom. The summed E-state index contributed by atoms with van der Waals surface area (Å²) in [6, 6.07) is 4.74. The number of nitrogens with zero attached hydrogens (tertiary/aromatic N) is 1. The summed E-state index contributed by atoms with van der Waals surface area (Å²) in [6.07, 6.45) is 0. The second-order valence-electron chi connectivity index (χ2n) is 4.75. The number of carboxylic acid groups (broad SMARTS) is 1. The number of nitrogens with one attached hydrogen (secondary N) is 1. The van der Waals surface area contributed by atoms with E-state index in [1.165, 1.54) is 0 Å². The van der Waals surface area contributed by atoms with Gasteiger partial charge in [-0.3, -0.25) is 14.5 Å². The molecule has 1 atom stereocenters. The monoisotopic (exact) mass is 278 g/mol. The Morgan fingerprint density at radius 2 is 2.20 bits per heavy atom. The fourth-order valence-electron chi connectivity index (χ4n) is 2.37. The van der Waals surface area contributed by atoms with Crippen LogP contribution in [0.2, 0.25) is 0 Å². The molecule has 1 aromatic rings. The molecule has 0 radical (unpaired) electrons. The van der Waals surface area contributed by atoms with Crippen LogP contribution >= 0.6 is 0 Å². The Kier molecular flexibility index (Phi) is 3.19. The first-order valence-corrected chi connectivity index (χ1v) is 6.25. The Hall–Kier alpha value is -2.28. The fraction of sp³-hybridized carbons (Fsp3) is 0.385. The van der Waals surface area contributed by atoms with Crippen LogP contribution < -0.4 is 14.8 Å². The van der Waals surface area contributed by atoms with E-state index < -0.39 is 12.0 Å². The van der Waals surface area contributed by atoms with Gasteiger partial charge in [0.25, 0.3) is 0 Å². The summed E-state index contributed by atoms with van der Waals surface area (Å²) in [4.78, 5) is 24.3. The molecule has 2 aliphatic rings. The number of carboxylic acids is 1. The summed E-state index contributed by atoms with van der Waals surface area (Å²) < 4.78 is 10.5. The number of piperazine rings is 1. The van der Waals surface area contributed by atoms with Crippen LogP contribution in [-0.2, 0) is 16.1 Å². The third kappa shape index (κ3) is 2.39. The zero-order valence-electron chi connectivity index (χ0n) is 10.7. The molecule has 20 heavy (non-hydrogen) atoms. The van der Waals surface area contributed by atoms with Crippen molar-refractivity contribution >= 4 is 11.9 Å². The molecule has 0 bridgehead atoms. The lowest BCUT2D eigenvalue weighted by Gasteiger charge is -2.32. The SMILES string of the molecule is O=C1CN(Cc2ccc3c(c2)OCO3)C(C(=O)O)CN1. The third-order valence-corrected chi connectivity index (χ3v) is 3.39. The summed E-state index contributed by atoms with van der Waals surface area (Å²) in [5.74, 6) is 0.227. The van der Waals surface area contributed by atoms with Crippen molar-refractivity contribution in [3.05, 3.63) is 23.8 Å². The van der Waals surface area contributed by atoms with Crippen molar-refractivity contribution in [2.45, 2.75) is 12.6 Å². The number of benzene rings is 1. The second kappa shape index (κ2) is 5.01. The molecule has 0 saturated carbocycles. The van der Waals surface area contributed by atoms with Crippen LogP contribution in [0.3, 0.4) is 0 Å². The predicted octanol–water partition coefficient (Wildman–Crippen LogP) is -0.200. The van der Waals surface area contributed by atoms with Crippen molar-refractivity contribution < 1.29 is 24.2 Å². The lowest BCUT2D eigenvalue weighted by Crippen LogP contribution is -2.56. The van der Waals surface area contributed by atoms with Crippen LogP contribution in [0.15, 0.2) is 18.2 Å². The summed E-state index contributed by atoms with van der Waals surface area (Å²) in [5.41, 5.74) is 0.884. The number of carbonyl (C=O) groups is 2. The van der Waals surface area contributed by atoms with Gasteiger partial charge in [-0.15, -0.1) is 0 Å². The van der Waals surface area contributed by atoms with Crippen LogP contribution in [-0.4, -0.2) is 47.8 Å². The molecule has 1 aromatic carbocycles. The van der Waals surface area contributed by atoms with Crippen molar-refractivity contribution in [2.75, 3.05) is 19.9 Å². The maximum absolute atomic E-state index is 11.4. The standard InChI is InChI=1S/C13H14N2O5/c16-12-6-15(9(4-14-12)13(17)18)5-8-1-2-10-11(3-8)20-7-19-10/h1-3,9H,4-7H2,(H,14,16)(H,17,18). The van der Waals surface area contributed by atoms with E-state index in [9.17, 15) is 14.7 Å². The maximum Gasteiger partial charge on any atom is 0.322 e. The molecule has 1 saturated heterocycles. The first-order chi connectivity index (χ1) is 9.63. The number of hydrogen-bond donors (Lipinski definition) is 2. The molecule has 2 aliphatic heterocycles. The Balaban J connectivity index is 1.77. The van der Waals surface area contributed by atoms with E-state index in [2.05, 4.69) is 5.32 Å². The van der Waals surface area contributed by atoms with Gasteiger partial charge >= 0.3 is 5.97 Å². The van der Waals surface area contributed by atoms with E-state index in [1.807, 2.05) is 12.1 Å². The van der Waals surface area contributed by atoms with Crippen molar-refractivity contribution in [1.29, 1.82) is 0 Å². The topological polar surface area (TPSA) is 88.1 Å². The van der Waals surface area contributed by atoms with E-state index >= 15 is 0 Å². The minimum atomic E-state index is -0.939. The average Bonchev–Trinajstić information content (AvgIpc) is 2.85. The third-order valence-electron chi connectivity index (χ3n) is 3.39. The highest BCUT2D eigenvalue weighted by atomic mass is 16.7. The normalized spacial score (nSPS) is 21.6. The van der Waals surface area contributed by atoms with Gasteiger partial charge in [0.15, 0.2) is 11.5 Å². The van der Waals surface area contributed by atoms with E-state index in [4.69, 9.17) is 9.47 Å². The van der Waals surface area contributed by atoms with Gasteiger partial charge in [-0.05, 0) is 17.7 Å². The molecular weight excluding hydrogens is 264 g/mol. The smallest absolute Gasteiger partial charge is 0.322 e. The van der Waals surface area contributed by atoms with Gasteiger partial charge < -0.3 is 19.9 Å². The van der Waals surface area contributed by atoms with Gasteiger partial charge in [0, 0.05) is 13.1 Å². The van der Waals surface area contributed by atoms with Crippen LogP contribution in [0.5, 0.6) is 11.5 Å². The Morgan fingerprint density at radius 3 is 3.00 bits per heavy atom. The predicted molar refractivity (Wildman–Crippen MR) is 67.4 cm³/mol. The molecule has 7 nitrogen and oxygen atoms in total. The minimum Gasteiger partial charge on any atom is -0.480 e. The zero-order valence-corrected chi connectivity index (χ0v) is 10.7. The fourth-order valence-corrected chi connectivity index (χ4v) is 2.37. The molecule has 1 unspecified atom stereocenters. The number of ether oxygens (including phenoxy) is 2. The quantitative estimate of drug-likeness (QED) is 0.796. The highest BCUT2D eigenvalue weighted by molar-refractivity contribution is 5.83. The van der Waals surface area contributed by atoms with Gasteiger partial charge in [0.2, 0.25) is 12.7 Å². The Bertz CT molecular complexity index is 560. The number of amides is 1. The highest BCUT2D eigenvalue weighted by Gasteiger charge is 2.31. The van der Waals surface area contributed by atoms with E-state index in [-0.39, 0.29) is 25.8 Å². The van der Waals surface area contributed by atoms with Gasteiger partial charge in [-0.1, -0.05) is 6.07 Å². The van der Waals surface area contributed by atoms with Crippen LogP contribution in [0.25, 0.3) is 0 Å². The Labute approximate surface area is 115 Å². The number of aliphatic carboxylic acids is 1. The molecule has 1 fully saturated rings. The average molecular weight is 278 g/mol. The molecule has 0 spiro atoms. The van der Waals surface area contributed by atoms with E-state index in [1.54, 1.807) is 11.0 Å². The van der Waals surface area contributed by atoms with Crippen LogP contribution in [0.4, 0.5) is 0 Å². The number of rotatable bonds is 3. The first-order valence-electron chi connectivity index (χ1n) is 6.25. The molecule has 0 aromatic heterocycles. The molecular formula is C13H14N2O5. The highest BCUT2D eigenvalue weighted by Crippen LogP contribution is 2.33. The van der Waals surface area contributed by atoms with Crippen molar-refractivity contribution in [3.63, 3.8) is 0 Å². The largest absolute Gasteiger partial charge is 0.480 e.